The third-order valence-corrected chi connectivity index (χ3v) is 3.62. The van der Waals surface area contributed by atoms with Crippen LogP contribution in [0.25, 0.3) is 11.0 Å². The molecule has 1 heterocycles. The molecular weight excluding hydrogens is 246 g/mol. The molecule has 0 amide bonds. The first kappa shape index (κ1) is 14.9. The summed E-state index contributed by atoms with van der Waals surface area (Å²) in [7, 11) is 0. The highest BCUT2D eigenvalue weighted by atomic mass is 14.9. The van der Waals surface area contributed by atoms with Crippen molar-refractivity contribution in [3.63, 3.8) is 0 Å². The minimum absolute atomic E-state index is 0.542. The van der Waals surface area contributed by atoms with Crippen molar-refractivity contribution in [1.29, 1.82) is 0 Å². The molecule has 2 rings (SSSR count). The average Bonchev–Trinajstić information content (AvgIpc) is 2.49. The van der Waals surface area contributed by atoms with E-state index in [0.717, 1.165) is 23.3 Å². The van der Waals surface area contributed by atoms with E-state index < -0.39 is 0 Å². The number of nitrogens with one attached hydrogen (secondary N) is 1. The molecule has 0 saturated heterocycles. The van der Waals surface area contributed by atoms with E-state index in [-0.39, 0.29) is 0 Å². The number of fused-ring (bicyclic) bond motifs is 1. The lowest BCUT2D eigenvalue weighted by Crippen LogP contribution is -2.25. The average molecular weight is 271 g/mol. The summed E-state index contributed by atoms with van der Waals surface area (Å²) >= 11 is 0. The molecule has 1 atom stereocenters. The van der Waals surface area contributed by atoms with Gasteiger partial charge in [-0.05, 0) is 25.5 Å². The zero-order chi connectivity index (χ0) is 14.2. The summed E-state index contributed by atoms with van der Waals surface area (Å²) in [4.78, 5) is 9.08. The Bertz CT molecular complexity index is 524. The fourth-order valence-corrected chi connectivity index (χ4v) is 2.34. The van der Waals surface area contributed by atoms with E-state index in [1.807, 2.05) is 30.5 Å². The lowest BCUT2D eigenvalue weighted by molar-refractivity contribution is 0.480. The maximum atomic E-state index is 4.63. The number of hydrogen-bond acceptors (Lipinski definition) is 3. The number of aromatic nitrogens is 2. The molecule has 0 fully saturated rings. The van der Waals surface area contributed by atoms with Gasteiger partial charge in [-0.3, -0.25) is 4.98 Å². The molecule has 1 unspecified atom stereocenters. The molecule has 0 saturated carbocycles. The van der Waals surface area contributed by atoms with E-state index >= 15 is 0 Å². The Labute approximate surface area is 121 Å². The predicted octanol–water partition coefficient (Wildman–Crippen LogP) is 4.08. The quantitative estimate of drug-likeness (QED) is 0.735. The molecule has 0 aliphatic rings. The normalized spacial score (nSPS) is 12.7. The van der Waals surface area contributed by atoms with Crippen molar-refractivity contribution < 1.29 is 0 Å². The smallest absolute Gasteiger partial charge is 0.0890 e. The second-order valence-electron chi connectivity index (χ2n) is 5.48. The number of nitrogens with zero attached hydrogens (tertiary/aromatic N) is 2. The van der Waals surface area contributed by atoms with Crippen molar-refractivity contribution in [3.05, 3.63) is 36.2 Å². The number of para-hydroxylation sites is 2. The SMILES string of the molecule is CCCCCCC(C)NCc1cnc2ccccc2n1. The van der Waals surface area contributed by atoms with Gasteiger partial charge in [-0.2, -0.15) is 0 Å². The van der Waals surface area contributed by atoms with Crippen LogP contribution in [-0.2, 0) is 6.54 Å². The van der Waals surface area contributed by atoms with Gasteiger partial charge in [0.15, 0.2) is 0 Å². The van der Waals surface area contributed by atoms with Gasteiger partial charge in [0.2, 0.25) is 0 Å². The topological polar surface area (TPSA) is 37.8 Å². The largest absolute Gasteiger partial charge is 0.309 e. The monoisotopic (exact) mass is 271 g/mol. The summed E-state index contributed by atoms with van der Waals surface area (Å²) in [5.74, 6) is 0. The molecule has 1 aromatic carbocycles. The van der Waals surface area contributed by atoms with E-state index in [1.165, 1.54) is 32.1 Å². The molecule has 108 valence electrons. The summed E-state index contributed by atoms with van der Waals surface area (Å²) in [5.41, 5.74) is 2.95. The van der Waals surface area contributed by atoms with Gasteiger partial charge in [0.05, 0.1) is 22.9 Å². The zero-order valence-corrected chi connectivity index (χ0v) is 12.6. The molecule has 20 heavy (non-hydrogen) atoms. The maximum absolute atomic E-state index is 4.63. The van der Waals surface area contributed by atoms with Gasteiger partial charge in [0.1, 0.15) is 0 Å². The molecule has 1 aromatic heterocycles. The molecule has 0 spiro atoms. The maximum Gasteiger partial charge on any atom is 0.0890 e. The molecule has 2 aromatic rings. The minimum atomic E-state index is 0.542. The lowest BCUT2D eigenvalue weighted by Gasteiger charge is -2.13. The zero-order valence-electron chi connectivity index (χ0n) is 12.6. The van der Waals surface area contributed by atoms with Crippen molar-refractivity contribution in [2.75, 3.05) is 0 Å². The van der Waals surface area contributed by atoms with Crippen LogP contribution < -0.4 is 5.32 Å². The van der Waals surface area contributed by atoms with Gasteiger partial charge in [0, 0.05) is 12.6 Å². The van der Waals surface area contributed by atoms with Crippen molar-refractivity contribution in [3.8, 4) is 0 Å². The van der Waals surface area contributed by atoms with Crippen molar-refractivity contribution in [2.24, 2.45) is 0 Å². The summed E-state index contributed by atoms with van der Waals surface area (Å²) in [6.45, 7) is 5.30. The third-order valence-electron chi connectivity index (χ3n) is 3.62. The van der Waals surface area contributed by atoms with E-state index in [0.29, 0.717) is 6.04 Å². The molecule has 0 aliphatic carbocycles. The van der Waals surface area contributed by atoms with Crippen molar-refractivity contribution >= 4 is 11.0 Å². The molecule has 0 bridgehead atoms. The lowest BCUT2D eigenvalue weighted by atomic mass is 10.1. The van der Waals surface area contributed by atoms with Crippen LogP contribution in [0.3, 0.4) is 0 Å². The van der Waals surface area contributed by atoms with Crippen molar-refractivity contribution in [1.82, 2.24) is 15.3 Å². The van der Waals surface area contributed by atoms with Crippen LogP contribution in [0.4, 0.5) is 0 Å². The predicted molar refractivity (Wildman–Crippen MR) is 84.6 cm³/mol. The Balaban J connectivity index is 1.80. The second-order valence-corrected chi connectivity index (χ2v) is 5.48. The van der Waals surface area contributed by atoms with Gasteiger partial charge in [0.25, 0.3) is 0 Å². The Hall–Kier alpha value is -1.48. The Morgan fingerprint density at radius 2 is 1.90 bits per heavy atom. The summed E-state index contributed by atoms with van der Waals surface area (Å²) in [5, 5.41) is 3.54. The van der Waals surface area contributed by atoms with Crippen LogP contribution in [0.5, 0.6) is 0 Å². The fraction of sp³-hybridized carbons (Fsp3) is 0.529. The molecular formula is C17H25N3. The van der Waals surface area contributed by atoms with Gasteiger partial charge in [-0.15, -0.1) is 0 Å². The van der Waals surface area contributed by atoms with Gasteiger partial charge in [-0.1, -0.05) is 44.7 Å². The van der Waals surface area contributed by atoms with Gasteiger partial charge >= 0.3 is 0 Å². The Morgan fingerprint density at radius 1 is 1.10 bits per heavy atom. The van der Waals surface area contributed by atoms with E-state index in [9.17, 15) is 0 Å². The van der Waals surface area contributed by atoms with E-state index in [4.69, 9.17) is 0 Å². The summed E-state index contributed by atoms with van der Waals surface area (Å²) in [6, 6.07) is 8.55. The molecule has 0 aliphatic heterocycles. The second kappa shape index (κ2) is 7.95. The molecule has 3 heteroatoms. The highest BCUT2D eigenvalue weighted by Crippen LogP contribution is 2.09. The number of rotatable bonds is 8. The fourth-order valence-electron chi connectivity index (χ4n) is 2.34. The van der Waals surface area contributed by atoms with Crippen molar-refractivity contribution in [2.45, 2.75) is 58.5 Å². The highest BCUT2D eigenvalue weighted by Gasteiger charge is 2.03. The number of unbranched alkanes of at least 4 members (excludes halogenated alkanes) is 3. The first-order valence-corrected chi connectivity index (χ1v) is 7.73. The van der Waals surface area contributed by atoms with Gasteiger partial charge < -0.3 is 5.32 Å². The molecule has 3 nitrogen and oxygen atoms in total. The standard InChI is InChI=1S/C17H25N3/c1-3-4-5-6-9-14(2)18-12-15-13-19-16-10-7-8-11-17(16)20-15/h7-8,10-11,13-14,18H,3-6,9,12H2,1-2H3. The summed E-state index contributed by atoms with van der Waals surface area (Å²) < 4.78 is 0. The van der Waals surface area contributed by atoms with Crippen LogP contribution in [0.1, 0.15) is 51.6 Å². The first-order chi connectivity index (χ1) is 9.79. The van der Waals surface area contributed by atoms with Crippen LogP contribution in [0, 0.1) is 0 Å². The van der Waals surface area contributed by atoms with Crippen LogP contribution in [-0.4, -0.2) is 16.0 Å². The van der Waals surface area contributed by atoms with E-state index in [1.54, 1.807) is 0 Å². The Morgan fingerprint density at radius 3 is 2.70 bits per heavy atom. The minimum Gasteiger partial charge on any atom is -0.309 e. The third kappa shape index (κ3) is 4.57. The molecule has 1 N–H and O–H groups in total. The van der Waals surface area contributed by atoms with Crippen LogP contribution in [0.15, 0.2) is 30.5 Å². The first-order valence-electron chi connectivity index (χ1n) is 7.73. The van der Waals surface area contributed by atoms with Crippen LogP contribution >= 0.6 is 0 Å². The molecule has 0 radical (unpaired) electrons. The highest BCUT2D eigenvalue weighted by molar-refractivity contribution is 5.73. The Kier molecular flexibility index (Phi) is 5.93. The number of hydrogen-bond donors (Lipinski definition) is 1. The van der Waals surface area contributed by atoms with Crippen LogP contribution in [0.2, 0.25) is 0 Å². The summed E-state index contributed by atoms with van der Waals surface area (Å²) in [6.07, 6.45) is 8.42. The van der Waals surface area contributed by atoms with Gasteiger partial charge in [-0.25, -0.2) is 4.98 Å². The number of benzene rings is 1. The van der Waals surface area contributed by atoms with E-state index in [2.05, 4.69) is 29.1 Å².